The minimum Gasteiger partial charge on any atom is -0.368 e. The third kappa shape index (κ3) is 4.90. The van der Waals surface area contributed by atoms with Gasteiger partial charge in [0.05, 0.1) is 0 Å². The number of carbonyl (C=O) groups is 1. The molecule has 1 amide bonds. The lowest BCUT2D eigenvalue weighted by molar-refractivity contribution is -0.128. The highest BCUT2D eigenvalue weighted by Crippen LogP contribution is 2.24. The number of guanidine groups is 1. The van der Waals surface area contributed by atoms with Crippen LogP contribution in [0.1, 0.15) is 35.1 Å². The van der Waals surface area contributed by atoms with Gasteiger partial charge in [0, 0.05) is 65.0 Å². The molecule has 2 aliphatic heterocycles. The number of likely N-dealkylation sites (tertiary alicyclic amines) is 1. The van der Waals surface area contributed by atoms with E-state index in [0.717, 1.165) is 45.1 Å². The summed E-state index contributed by atoms with van der Waals surface area (Å²) in [5, 5.41) is 3.56. The molecule has 6 nitrogen and oxygen atoms in total. The van der Waals surface area contributed by atoms with Crippen LogP contribution in [0.25, 0.3) is 0 Å². The molecule has 2 aliphatic rings. The molecule has 2 aromatic carbocycles. The van der Waals surface area contributed by atoms with Crippen LogP contribution in [0.4, 0.5) is 5.69 Å². The normalized spacial score (nSPS) is 17.3. The fourth-order valence-electron chi connectivity index (χ4n) is 4.70. The number of hydrogen-bond donors (Lipinski definition) is 1. The van der Waals surface area contributed by atoms with Crippen LogP contribution < -0.4 is 10.2 Å². The number of rotatable bonds is 5. The quantitative estimate of drug-likeness (QED) is 0.581. The van der Waals surface area contributed by atoms with Gasteiger partial charge in [-0.3, -0.25) is 9.79 Å². The fourth-order valence-corrected chi connectivity index (χ4v) is 4.70. The Kier molecular flexibility index (Phi) is 6.98. The molecule has 2 heterocycles. The Balaban J connectivity index is 1.35. The first-order valence-corrected chi connectivity index (χ1v) is 11.7. The lowest BCUT2D eigenvalue weighted by atomic mass is 10.1. The summed E-state index contributed by atoms with van der Waals surface area (Å²) in [7, 11) is 1.86. The van der Waals surface area contributed by atoms with Gasteiger partial charge in [-0.25, -0.2) is 0 Å². The molecular formula is C26H35N5O. The molecule has 4 rings (SSSR count). The molecule has 0 aliphatic carbocycles. The van der Waals surface area contributed by atoms with Crippen molar-refractivity contribution in [2.45, 2.75) is 39.8 Å². The lowest BCUT2D eigenvalue weighted by Crippen LogP contribution is -2.52. The first kappa shape index (κ1) is 22.2. The molecule has 0 unspecified atom stereocenters. The van der Waals surface area contributed by atoms with E-state index in [4.69, 9.17) is 0 Å². The predicted octanol–water partition coefficient (Wildman–Crippen LogP) is 3.32. The smallest absolute Gasteiger partial charge is 0.222 e. The molecule has 0 spiro atoms. The van der Waals surface area contributed by atoms with Crippen molar-refractivity contribution in [3.63, 3.8) is 0 Å². The van der Waals surface area contributed by atoms with E-state index in [9.17, 15) is 4.79 Å². The molecule has 2 aromatic rings. The van der Waals surface area contributed by atoms with Crippen molar-refractivity contribution in [3.05, 3.63) is 64.7 Å². The molecular weight excluding hydrogens is 398 g/mol. The summed E-state index contributed by atoms with van der Waals surface area (Å²) >= 11 is 0. The van der Waals surface area contributed by atoms with E-state index >= 15 is 0 Å². The molecule has 0 aromatic heterocycles. The van der Waals surface area contributed by atoms with Crippen molar-refractivity contribution < 1.29 is 4.79 Å². The van der Waals surface area contributed by atoms with Crippen LogP contribution in [-0.4, -0.2) is 61.4 Å². The maximum atomic E-state index is 12.1. The molecule has 170 valence electrons. The van der Waals surface area contributed by atoms with Crippen molar-refractivity contribution in [3.8, 4) is 0 Å². The Morgan fingerprint density at radius 1 is 0.969 bits per heavy atom. The maximum Gasteiger partial charge on any atom is 0.222 e. The summed E-state index contributed by atoms with van der Waals surface area (Å²) in [6.45, 7) is 10.5. The largest absolute Gasteiger partial charge is 0.368 e. The summed E-state index contributed by atoms with van der Waals surface area (Å²) in [4.78, 5) is 23.4. The van der Waals surface area contributed by atoms with Crippen LogP contribution in [0, 0.1) is 13.8 Å². The van der Waals surface area contributed by atoms with E-state index in [-0.39, 0.29) is 5.91 Å². The summed E-state index contributed by atoms with van der Waals surface area (Å²) in [6.07, 6.45) is 1.65. The van der Waals surface area contributed by atoms with Gasteiger partial charge in [-0.2, -0.15) is 0 Å². The number of nitrogens with zero attached hydrogens (tertiary/aromatic N) is 4. The summed E-state index contributed by atoms with van der Waals surface area (Å²) < 4.78 is 0. The van der Waals surface area contributed by atoms with Crippen molar-refractivity contribution in [1.82, 2.24) is 15.1 Å². The number of piperazine rings is 1. The van der Waals surface area contributed by atoms with Crippen LogP contribution in [0.3, 0.4) is 0 Å². The van der Waals surface area contributed by atoms with Gasteiger partial charge in [-0.05, 0) is 48.6 Å². The van der Waals surface area contributed by atoms with Crippen LogP contribution in [-0.2, 0) is 17.9 Å². The molecule has 6 heteroatoms. The Morgan fingerprint density at radius 2 is 1.72 bits per heavy atom. The zero-order chi connectivity index (χ0) is 22.5. The van der Waals surface area contributed by atoms with Gasteiger partial charge in [0.15, 0.2) is 5.96 Å². The summed E-state index contributed by atoms with van der Waals surface area (Å²) in [6, 6.07) is 15.0. The van der Waals surface area contributed by atoms with Crippen molar-refractivity contribution in [1.29, 1.82) is 0 Å². The number of hydrogen-bond acceptors (Lipinski definition) is 3. The van der Waals surface area contributed by atoms with Gasteiger partial charge in [-0.15, -0.1) is 0 Å². The summed E-state index contributed by atoms with van der Waals surface area (Å²) in [5.41, 5.74) is 6.50. The molecule has 0 radical (unpaired) electrons. The Hall–Kier alpha value is -3.02. The molecule has 2 fully saturated rings. The van der Waals surface area contributed by atoms with Crippen LogP contribution in [0.15, 0.2) is 47.5 Å². The number of carbonyl (C=O) groups excluding carboxylic acids is 1. The third-order valence-corrected chi connectivity index (χ3v) is 6.80. The van der Waals surface area contributed by atoms with Gasteiger partial charge < -0.3 is 20.0 Å². The zero-order valence-electron chi connectivity index (χ0n) is 19.6. The van der Waals surface area contributed by atoms with Gasteiger partial charge in [0.2, 0.25) is 5.91 Å². The number of amides is 1. The predicted molar refractivity (Wildman–Crippen MR) is 131 cm³/mol. The third-order valence-electron chi connectivity index (χ3n) is 6.80. The molecule has 1 N–H and O–H groups in total. The molecule has 2 saturated heterocycles. The van der Waals surface area contributed by atoms with Gasteiger partial charge in [0.1, 0.15) is 0 Å². The molecule has 0 atom stereocenters. The maximum absolute atomic E-state index is 12.1. The Bertz CT molecular complexity index is 978. The lowest BCUT2D eigenvalue weighted by Gasteiger charge is -2.38. The SMILES string of the molecule is CN=C(NCc1ccccc1CN1CCCC1=O)N1CCN(c2cccc(C)c2C)CC1. The Labute approximate surface area is 191 Å². The highest BCUT2D eigenvalue weighted by Gasteiger charge is 2.23. The van der Waals surface area contributed by atoms with Crippen LogP contribution in [0.2, 0.25) is 0 Å². The highest BCUT2D eigenvalue weighted by molar-refractivity contribution is 5.80. The molecule has 32 heavy (non-hydrogen) atoms. The highest BCUT2D eigenvalue weighted by atomic mass is 16.2. The standard InChI is InChI=1S/C26H35N5O/c1-20-8-6-11-24(21(20)2)29-14-16-30(17-15-29)26(27-3)28-18-22-9-4-5-10-23(22)19-31-13-7-12-25(31)32/h4-6,8-11H,7,12-19H2,1-3H3,(H,27,28). The van der Waals surface area contributed by atoms with E-state index < -0.39 is 0 Å². The van der Waals surface area contributed by atoms with Crippen molar-refractivity contribution in [2.75, 3.05) is 44.7 Å². The van der Waals surface area contributed by atoms with Crippen LogP contribution in [0.5, 0.6) is 0 Å². The summed E-state index contributed by atoms with van der Waals surface area (Å²) in [5.74, 6) is 1.21. The fraction of sp³-hybridized carbons (Fsp3) is 0.462. The van der Waals surface area contributed by atoms with Crippen molar-refractivity contribution >= 4 is 17.6 Å². The number of aliphatic imine (C=N–C) groups is 1. The zero-order valence-corrected chi connectivity index (χ0v) is 19.6. The Morgan fingerprint density at radius 3 is 2.41 bits per heavy atom. The van der Waals surface area contributed by atoms with E-state index in [1.165, 1.54) is 27.9 Å². The average Bonchev–Trinajstić information content (AvgIpc) is 3.22. The molecule has 0 saturated carbocycles. The van der Waals surface area contributed by atoms with E-state index in [2.05, 4.69) is 76.4 Å². The monoisotopic (exact) mass is 433 g/mol. The van der Waals surface area contributed by atoms with E-state index in [1.54, 1.807) is 0 Å². The minimum atomic E-state index is 0.269. The number of benzene rings is 2. The van der Waals surface area contributed by atoms with Gasteiger partial charge >= 0.3 is 0 Å². The van der Waals surface area contributed by atoms with E-state index in [0.29, 0.717) is 19.5 Å². The topological polar surface area (TPSA) is 51.2 Å². The second-order valence-corrected chi connectivity index (χ2v) is 8.78. The number of aryl methyl sites for hydroxylation is 1. The second-order valence-electron chi connectivity index (χ2n) is 8.78. The number of anilines is 1. The van der Waals surface area contributed by atoms with E-state index in [1.807, 2.05) is 11.9 Å². The minimum absolute atomic E-state index is 0.269. The second kappa shape index (κ2) is 10.1. The van der Waals surface area contributed by atoms with Crippen LogP contribution >= 0.6 is 0 Å². The average molecular weight is 434 g/mol. The molecule has 0 bridgehead atoms. The first-order chi connectivity index (χ1) is 15.6. The van der Waals surface area contributed by atoms with Gasteiger partial charge in [-0.1, -0.05) is 36.4 Å². The first-order valence-electron chi connectivity index (χ1n) is 11.7. The van der Waals surface area contributed by atoms with Crippen molar-refractivity contribution in [2.24, 2.45) is 4.99 Å². The van der Waals surface area contributed by atoms with Gasteiger partial charge in [0.25, 0.3) is 0 Å². The number of nitrogens with one attached hydrogen (secondary N) is 1.